The summed E-state index contributed by atoms with van der Waals surface area (Å²) in [5, 5.41) is 3.72. The Morgan fingerprint density at radius 2 is 1.84 bits per heavy atom. The van der Waals surface area contributed by atoms with Gasteiger partial charge >= 0.3 is 0 Å². The fourth-order valence-corrected chi connectivity index (χ4v) is 4.90. The van der Waals surface area contributed by atoms with Gasteiger partial charge < -0.3 is 9.42 Å². The molecule has 1 aliphatic rings. The molecular formula is C17H25N3O4S. The van der Waals surface area contributed by atoms with Gasteiger partial charge in [0.25, 0.3) is 0 Å². The van der Waals surface area contributed by atoms with Crippen LogP contribution < -0.4 is 0 Å². The summed E-state index contributed by atoms with van der Waals surface area (Å²) >= 11 is 0. The van der Waals surface area contributed by atoms with E-state index in [9.17, 15) is 13.2 Å². The van der Waals surface area contributed by atoms with E-state index in [1.807, 2.05) is 0 Å². The number of aromatic nitrogens is 1. The first-order valence-corrected chi connectivity index (χ1v) is 9.70. The molecule has 0 spiro atoms. The highest BCUT2D eigenvalue weighted by atomic mass is 32.2. The molecule has 1 saturated heterocycles. The van der Waals surface area contributed by atoms with E-state index >= 15 is 0 Å². The topological polar surface area (TPSA) is 83.7 Å². The Balaban J connectivity index is 2.07. The zero-order chi connectivity index (χ0) is 18.6. The summed E-state index contributed by atoms with van der Waals surface area (Å²) in [7, 11) is -3.65. The fraction of sp³-hybridized carbons (Fsp3) is 0.529. The van der Waals surface area contributed by atoms with Gasteiger partial charge in [-0.1, -0.05) is 17.3 Å². The third-order valence-corrected chi connectivity index (χ3v) is 6.52. The lowest BCUT2D eigenvalue weighted by atomic mass is 9.96. The number of aryl methyl sites for hydroxylation is 2. The van der Waals surface area contributed by atoms with Crippen LogP contribution in [0, 0.1) is 19.8 Å². The lowest BCUT2D eigenvalue weighted by Gasteiger charge is -2.33. The van der Waals surface area contributed by atoms with Crippen LogP contribution in [-0.2, 0) is 14.8 Å². The standard InChI is InChI=1S/C17H25N3O4S/c1-5-9-19(10-6-2)17(21)15-7-11-20(12-8-15)25(22,23)16-13(3)18-24-14(16)4/h5-6,15H,1-2,7-12H2,3-4H3. The minimum atomic E-state index is -3.65. The summed E-state index contributed by atoms with van der Waals surface area (Å²) in [6.45, 7) is 12.1. The zero-order valence-electron chi connectivity index (χ0n) is 14.8. The first kappa shape index (κ1) is 19.4. The minimum Gasteiger partial charge on any atom is -0.360 e. The van der Waals surface area contributed by atoms with Gasteiger partial charge in [-0.3, -0.25) is 4.79 Å². The molecule has 1 aliphatic heterocycles. The van der Waals surface area contributed by atoms with E-state index < -0.39 is 10.0 Å². The van der Waals surface area contributed by atoms with E-state index in [4.69, 9.17) is 4.52 Å². The summed E-state index contributed by atoms with van der Waals surface area (Å²) in [4.78, 5) is 14.4. The van der Waals surface area contributed by atoms with Crippen molar-refractivity contribution in [2.24, 2.45) is 5.92 Å². The van der Waals surface area contributed by atoms with E-state index in [2.05, 4.69) is 18.3 Å². The van der Waals surface area contributed by atoms with Gasteiger partial charge in [0.1, 0.15) is 10.6 Å². The smallest absolute Gasteiger partial charge is 0.248 e. The molecule has 2 heterocycles. The van der Waals surface area contributed by atoms with Gasteiger partial charge in [-0.25, -0.2) is 8.42 Å². The predicted octanol–water partition coefficient (Wildman–Crippen LogP) is 1.89. The van der Waals surface area contributed by atoms with Gasteiger partial charge in [0, 0.05) is 32.1 Å². The number of nitrogens with zero attached hydrogens (tertiary/aromatic N) is 3. The Labute approximate surface area is 149 Å². The Morgan fingerprint density at radius 1 is 1.28 bits per heavy atom. The van der Waals surface area contributed by atoms with Gasteiger partial charge in [-0.05, 0) is 26.7 Å². The van der Waals surface area contributed by atoms with Gasteiger partial charge in [0.05, 0.1) is 0 Å². The largest absolute Gasteiger partial charge is 0.360 e. The van der Waals surface area contributed by atoms with Crippen molar-refractivity contribution in [2.45, 2.75) is 31.6 Å². The minimum absolute atomic E-state index is 0.0224. The van der Waals surface area contributed by atoms with E-state index in [-0.39, 0.29) is 16.7 Å². The van der Waals surface area contributed by atoms with Crippen molar-refractivity contribution < 1.29 is 17.7 Å². The molecule has 0 aromatic carbocycles. The van der Waals surface area contributed by atoms with Crippen LogP contribution in [0.4, 0.5) is 0 Å². The molecule has 0 atom stereocenters. The van der Waals surface area contributed by atoms with E-state index in [1.54, 1.807) is 30.9 Å². The zero-order valence-corrected chi connectivity index (χ0v) is 15.6. The molecule has 0 aliphatic carbocycles. The second kappa shape index (κ2) is 7.97. The van der Waals surface area contributed by atoms with Crippen molar-refractivity contribution in [1.29, 1.82) is 0 Å². The van der Waals surface area contributed by atoms with Gasteiger partial charge in [0.2, 0.25) is 15.9 Å². The maximum Gasteiger partial charge on any atom is 0.248 e. The van der Waals surface area contributed by atoms with E-state index in [0.29, 0.717) is 50.5 Å². The molecule has 0 bridgehead atoms. The molecule has 2 rings (SSSR count). The second-order valence-corrected chi connectivity index (χ2v) is 8.03. The Kier molecular flexibility index (Phi) is 6.18. The molecule has 0 radical (unpaired) electrons. The SMILES string of the molecule is C=CCN(CC=C)C(=O)C1CCN(S(=O)(=O)c2c(C)noc2C)CC1. The molecule has 8 heteroatoms. The first-order valence-electron chi connectivity index (χ1n) is 8.26. The third-order valence-electron chi connectivity index (χ3n) is 4.38. The van der Waals surface area contributed by atoms with Crippen LogP contribution in [0.15, 0.2) is 34.7 Å². The molecule has 0 saturated carbocycles. The lowest BCUT2D eigenvalue weighted by Crippen LogP contribution is -2.44. The van der Waals surface area contributed by atoms with Crippen molar-refractivity contribution in [3.05, 3.63) is 36.8 Å². The summed E-state index contributed by atoms with van der Waals surface area (Å²) in [6.07, 6.45) is 4.34. The van der Waals surface area contributed by atoms with Gasteiger partial charge in [0.15, 0.2) is 5.76 Å². The van der Waals surface area contributed by atoms with Crippen LogP contribution in [0.25, 0.3) is 0 Å². The fourth-order valence-electron chi connectivity index (χ4n) is 3.14. The van der Waals surface area contributed by atoms with Crippen LogP contribution in [-0.4, -0.2) is 54.9 Å². The normalized spacial score (nSPS) is 16.6. The number of amides is 1. The average Bonchev–Trinajstić information content (AvgIpc) is 2.93. The van der Waals surface area contributed by atoms with Crippen LogP contribution in [0.1, 0.15) is 24.3 Å². The van der Waals surface area contributed by atoms with Crippen LogP contribution in [0.2, 0.25) is 0 Å². The van der Waals surface area contributed by atoms with Crippen molar-refractivity contribution in [2.75, 3.05) is 26.2 Å². The van der Waals surface area contributed by atoms with E-state index in [0.717, 1.165) is 0 Å². The number of piperidine rings is 1. The molecule has 1 aromatic rings. The number of carbonyl (C=O) groups excluding carboxylic acids is 1. The number of hydrogen-bond donors (Lipinski definition) is 0. The Morgan fingerprint density at radius 3 is 2.28 bits per heavy atom. The highest BCUT2D eigenvalue weighted by Crippen LogP contribution is 2.28. The Bertz CT molecular complexity index is 716. The van der Waals surface area contributed by atoms with Crippen LogP contribution in [0.3, 0.4) is 0 Å². The first-order chi connectivity index (χ1) is 11.8. The molecule has 7 nitrogen and oxygen atoms in total. The van der Waals surface area contributed by atoms with Gasteiger partial charge in [-0.2, -0.15) is 4.31 Å². The molecular weight excluding hydrogens is 342 g/mol. The monoisotopic (exact) mass is 367 g/mol. The quantitative estimate of drug-likeness (QED) is 0.687. The summed E-state index contributed by atoms with van der Waals surface area (Å²) in [5.41, 5.74) is 0.360. The molecule has 1 amide bonds. The highest BCUT2D eigenvalue weighted by Gasteiger charge is 2.36. The summed E-state index contributed by atoms with van der Waals surface area (Å²) < 4.78 is 32.0. The molecule has 25 heavy (non-hydrogen) atoms. The highest BCUT2D eigenvalue weighted by molar-refractivity contribution is 7.89. The maximum absolute atomic E-state index is 12.8. The second-order valence-electron chi connectivity index (χ2n) is 6.15. The molecule has 138 valence electrons. The number of sulfonamides is 1. The maximum atomic E-state index is 12.8. The lowest BCUT2D eigenvalue weighted by molar-refractivity contribution is -0.135. The number of hydrogen-bond acceptors (Lipinski definition) is 5. The summed E-state index contributed by atoms with van der Waals surface area (Å²) in [5.74, 6) is 0.129. The van der Waals surface area contributed by atoms with Crippen LogP contribution in [0.5, 0.6) is 0 Å². The third kappa shape index (κ3) is 4.01. The number of rotatable bonds is 7. The van der Waals surface area contributed by atoms with E-state index in [1.165, 1.54) is 4.31 Å². The molecule has 1 fully saturated rings. The Hall–Kier alpha value is -1.93. The van der Waals surface area contributed by atoms with Crippen LogP contribution >= 0.6 is 0 Å². The van der Waals surface area contributed by atoms with Crippen molar-refractivity contribution in [1.82, 2.24) is 14.4 Å². The average molecular weight is 367 g/mol. The van der Waals surface area contributed by atoms with Crippen molar-refractivity contribution in [3.8, 4) is 0 Å². The molecule has 1 aromatic heterocycles. The predicted molar refractivity (Wildman–Crippen MR) is 94.4 cm³/mol. The summed E-state index contributed by atoms with van der Waals surface area (Å²) in [6, 6.07) is 0. The van der Waals surface area contributed by atoms with Gasteiger partial charge in [-0.15, -0.1) is 13.2 Å². The van der Waals surface area contributed by atoms with Crippen molar-refractivity contribution >= 4 is 15.9 Å². The number of carbonyl (C=O) groups is 1. The van der Waals surface area contributed by atoms with Crippen molar-refractivity contribution in [3.63, 3.8) is 0 Å². The molecule has 0 N–H and O–H groups in total. The molecule has 0 unspecified atom stereocenters.